The van der Waals surface area contributed by atoms with E-state index in [4.69, 9.17) is 0 Å². The van der Waals surface area contributed by atoms with Crippen molar-refractivity contribution in [3.05, 3.63) is 0 Å². The van der Waals surface area contributed by atoms with E-state index in [0.29, 0.717) is 0 Å². The Morgan fingerprint density at radius 3 is 1.56 bits per heavy atom. The molecule has 5 nitrogen and oxygen atoms in total. The van der Waals surface area contributed by atoms with Crippen molar-refractivity contribution >= 4 is 15.0 Å². The molecule has 0 amide bonds. The normalized spacial score (nSPS) is 19.1. The molecule has 0 spiro atoms. The molecule has 0 N–H and O–H groups in total. The average molecular weight is 171 g/mol. The van der Waals surface area contributed by atoms with E-state index >= 15 is 0 Å². The molecule has 1 unspecified atom stereocenters. The SMILES string of the molecule is CP(=O)([O-])CP(=O)([O-])[O-]. The summed E-state index contributed by atoms with van der Waals surface area (Å²) < 4.78 is 19.8. The van der Waals surface area contributed by atoms with Crippen molar-refractivity contribution in [2.75, 3.05) is 12.6 Å². The fourth-order valence-electron chi connectivity index (χ4n) is 0.315. The minimum atomic E-state index is -4.86. The highest BCUT2D eigenvalue weighted by Gasteiger charge is 2.00. The van der Waals surface area contributed by atoms with Gasteiger partial charge in [-0.15, -0.1) is 0 Å². The molecule has 0 saturated heterocycles. The molecule has 0 radical (unpaired) electrons. The standard InChI is InChI=1S/C2H8O5P2/c1-8(3,4)2-9(5,6)7/h2H2,1H3,(H,3,4)(H2,5,6,7)/p-3. The van der Waals surface area contributed by atoms with Gasteiger partial charge in [-0.05, 0) is 6.66 Å². The summed E-state index contributed by atoms with van der Waals surface area (Å²) in [5.41, 5.74) is 0. The van der Waals surface area contributed by atoms with E-state index in [1.54, 1.807) is 0 Å². The second kappa shape index (κ2) is 2.52. The van der Waals surface area contributed by atoms with Gasteiger partial charge < -0.3 is 23.8 Å². The quantitative estimate of drug-likeness (QED) is 0.452. The predicted octanol–water partition coefficient (Wildman–Crippen LogP) is -1.87. The van der Waals surface area contributed by atoms with Gasteiger partial charge in [-0.1, -0.05) is 7.60 Å². The first-order valence-electron chi connectivity index (χ1n) is 1.99. The lowest BCUT2D eigenvalue weighted by Gasteiger charge is -2.34. The molecular weight excluding hydrogens is 166 g/mol. The van der Waals surface area contributed by atoms with Gasteiger partial charge in [0.2, 0.25) is 0 Å². The van der Waals surface area contributed by atoms with Gasteiger partial charge in [0.15, 0.2) is 0 Å². The second-order valence-corrected chi connectivity index (χ2v) is 6.15. The summed E-state index contributed by atoms with van der Waals surface area (Å²) in [4.78, 5) is 29.6. The molecule has 0 rings (SSSR count). The van der Waals surface area contributed by atoms with Crippen LogP contribution in [0.5, 0.6) is 0 Å². The van der Waals surface area contributed by atoms with Crippen LogP contribution in [0.25, 0.3) is 0 Å². The first-order chi connectivity index (χ1) is 3.71. The summed E-state index contributed by atoms with van der Waals surface area (Å²) >= 11 is 0. The maximum absolute atomic E-state index is 10.1. The van der Waals surface area contributed by atoms with Crippen molar-refractivity contribution in [2.45, 2.75) is 0 Å². The Morgan fingerprint density at radius 2 is 1.56 bits per heavy atom. The molecule has 56 valence electrons. The van der Waals surface area contributed by atoms with Crippen LogP contribution in [0.1, 0.15) is 0 Å². The van der Waals surface area contributed by atoms with Crippen LogP contribution >= 0.6 is 15.0 Å². The van der Waals surface area contributed by atoms with Gasteiger partial charge in [-0.25, -0.2) is 0 Å². The molecule has 7 heteroatoms. The molecule has 0 heterocycles. The van der Waals surface area contributed by atoms with Crippen molar-refractivity contribution < 1.29 is 23.8 Å². The lowest BCUT2D eigenvalue weighted by molar-refractivity contribution is -0.312. The smallest absolute Gasteiger partial charge is 0.0166 e. The first kappa shape index (κ1) is 9.34. The maximum atomic E-state index is 10.1. The summed E-state index contributed by atoms with van der Waals surface area (Å²) in [6, 6.07) is 0. The van der Waals surface area contributed by atoms with Gasteiger partial charge in [0.1, 0.15) is 0 Å². The first-order valence-corrected chi connectivity index (χ1v) is 5.98. The Bertz CT molecular complexity index is 153. The van der Waals surface area contributed by atoms with Gasteiger partial charge in [-0.2, -0.15) is 0 Å². The lowest BCUT2D eigenvalue weighted by atomic mass is 11.9. The Hall–Kier alpha value is 0.340. The molecule has 9 heavy (non-hydrogen) atoms. The molecule has 0 saturated carbocycles. The summed E-state index contributed by atoms with van der Waals surface area (Å²) in [6.45, 7) is 0.718. The van der Waals surface area contributed by atoms with E-state index < -0.39 is 20.9 Å². The van der Waals surface area contributed by atoms with Crippen molar-refractivity contribution in [1.82, 2.24) is 0 Å². The zero-order chi connectivity index (χ0) is 7.71. The molecular formula is C2H5O5P2-3. The molecule has 0 aliphatic heterocycles. The van der Waals surface area contributed by atoms with E-state index in [0.717, 1.165) is 6.66 Å². The molecule has 0 aromatic heterocycles. The molecule has 0 aromatic carbocycles. The summed E-state index contributed by atoms with van der Waals surface area (Å²) in [5.74, 6) is -1.26. The van der Waals surface area contributed by atoms with Crippen molar-refractivity contribution in [3.8, 4) is 0 Å². The number of hydrogen-bond donors (Lipinski definition) is 0. The van der Waals surface area contributed by atoms with Crippen LogP contribution in [0.3, 0.4) is 0 Å². The molecule has 0 aliphatic carbocycles. The zero-order valence-corrected chi connectivity index (χ0v) is 6.43. The van der Waals surface area contributed by atoms with Crippen LogP contribution in [0.2, 0.25) is 0 Å². The minimum Gasteiger partial charge on any atom is -0.810 e. The van der Waals surface area contributed by atoms with Crippen molar-refractivity contribution in [1.29, 1.82) is 0 Å². The zero-order valence-electron chi connectivity index (χ0n) is 4.64. The lowest BCUT2D eigenvalue weighted by Crippen LogP contribution is -2.19. The molecule has 0 bridgehead atoms. The third-order valence-electron chi connectivity index (χ3n) is 0.430. The van der Waals surface area contributed by atoms with Crippen LogP contribution < -0.4 is 14.7 Å². The molecule has 1 atom stereocenters. The van der Waals surface area contributed by atoms with Gasteiger partial charge >= 0.3 is 0 Å². The highest BCUT2D eigenvalue weighted by atomic mass is 31.2. The predicted molar refractivity (Wildman–Crippen MR) is 26.0 cm³/mol. The third kappa shape index (κ3) is 8.34. The highest BCUT2D eigenvalue weighted by Crippen LogP contribution is 2.43. The fraction of sp³-hybridized carbons (Fsp3) is 1.00. The van der Waals surface area contributed by atoms with E-state index in [1.165, 1.54) is 0 Å². The van der Waals surface area contributed by atoms with Crippen molar-refractivity contribution in [2.24, 2.45) is 0 Å². The van der Waals surface area contributed by atoms with Crippen LogP contribution in [0.4, 0.5) is 0 Å². The molecule has 0 aliphatic rings. The topological polar surface area (TPSA) is 103 Å². The number of hydrogen-bond acceptors (Lipinski definition) is 5. The van der Waals surface area contributed by atoms with E-state index in [1.807, 2.05) is 0 Å². The van der Waals surface area contributed by atoms with Crippen LogP contribution in [0.15, 0.2) is 0 Å². The van der Waals surface area contributed by atoms with Crippen LogP contribution in [0, 0.1) is 0 Å². The Kier molecular flexibility index (Phi) is 2.62. The van der Waals surface area contributed by atoms with Crippen molar-refractivity contribution in [3.63, 3.8) is 0 Å². The van der Waals surface area contributed by atoms with Crippen LogP contribution in [-0.4, -0.2) is 12.6 Å². The summed E-state index contributed by atoms with van der Waals surface area (Å²) in [6.07, 6.45) is 0. The van der Waals surface area contributed by atoms with Crippen LogP contribution in [-0.2, 0) is 9.13 Å². The fourth-order valence-corrected chi connectivity index (χ4v) is 2.83. The Labute approximate surface area is 52.3 Å². The number of rotatable bonds is 2. The van der Waals surface area contributed by atoms with Gasteiger partial charge in [0.05, 0.1) is 0 Å². The monoisotopic (exact) mass is 171 g/mol. The molecule has 0 aromatic rings. The van der Waals surface area contributed by atoms with Gasteiger partial charge in [-0.3, -0.25) is 0 Å². The largest absolute Gasteiger partial charge is 0.810 e. The average Bonchev–Trinajstić information content (AvgIpc) is 1.14. The third-order valence-corrected chi connectivity index (χ3v) is 3.87. The minimum absolute atomic E-state index is 0.718. The Morgan fingerprint density at radius 1 is 1.22 bits per heavy atom. The van der Waals surface area contributed by atoms with E-state index in [-0.39, 0.29) is 0 Å². The molecule has 0 fully saturated rings. The Balaban J connectivity index is 4.07. The summed E-state index contributed by atoms with van der Waals surface area (Å²) in [7, 11) is -8.79. The second-order valence-electron chi connectivity index (χ2n) is 1.77. The van der Waals surface area contributed by atoms with E-state index in [2.05, 4.69) is 0 Å². The van der Waals surface area contributed by atoms with Gasteiger partial charge in [0, 0.05) is 13.3 Å². The highest BCUT2D eigenvalue weighted by molar-refractivity contribution is 7.70. The maximum Gasteiger partial charge on any atom is 0.0166 e. The van der Waals surface area contributed by atoms with Gasteiger partial charge in [0.25, 0.3) is 0 Å². The summed E-state index contributed by atoms with van der Waals surface area (Å²) in [5, 5.41) is 0. The van der Waals surface area contributed by atoms with E-state index in [9.17, 15) is 23.8 Å².